The molecule has 0 saturated heterocycles. The summed E-state index contributed by atoms with van der Waals surface area (Å²) in [4.78, 5) is 3.46. The minimum absolute atomic E-state index is 0.0243. The summed E-state index contributed by atoms with van der Waals surface area (Å²) in [5.41, 5.74) is 3.83. The molecule has 2 aromatic heterocycles. The third kappa shape index (κ3) is 4.33. The van der Waals surface area contributed by atoms with Crippen LogP contribution < -0.4 is 4.72 Å². The number of rotatable bonds is 7. The van der Waals surface area contributed by atoms with Crippen molar-refractivity contribution in [3.8, 4) is 0 Å². The fraction of sp³-hybridized carbons (Fsp3) is 0.364. The van der Waals surface area contributed by atoms with E-state index in [2.05, 4.69) is 44.5 Å². The van der Waals surface area contributed by atoms with Gasteiger partial charge in [-0.2, -0.15) is 0 Å². The Balaban J connectivity index is 1.57. The summed E-state index contributed by atoms with van der Waals surface area (Å²) < 4.78 is 31.1. The molecule has 0 spiro atoms. The molecule has 1 N–H and O–H groups in total. The number of thiophene rings is 1. The molecular weight excluding hydrogens is 402 g/mol. The van der Waals surface area contributed by atoms with Gasteiger partial charge in [-0.25, -0.2) is 13.1 Å². The lowest BCUT2D eigenvalue weighted by molar-refractivity contribution is 0.174. The third-order valence-corrected chi connectivity index (χ3v) is 8.79. The molecule has 1 aliphatic rings. The fourth-order valence-electron chi connectivity index (χ4n) is 3.98. The van der Waals surface area contributed by atoms with Crippen molar-refractivity contribution in [2.75, 3.05) is 13.1 Å². The van der Waals surface area contributed by atoms with Gasteiger partial charge in [0.15, 0.2) is 0 Å². The van der Waals surface area contributed by atoms with Gasteiger partial charge < -0.3 is 4.57 Å². The number of hydrogen-bond acceptors (Lipinski definition) is 4. The monoisotopic (exact) mass is 429 g/mol. The molecule has 1 aliphatic heterocycles. The molecule has 7 heteroatoms. The topological polar surface area (TPSA) is 54.3 Å². The Morgan fingerprint density at radius 3 is 2.59 bits per heavy atom. The summed E-state index contributed by atoms with van der Waals surface area (Å²) in [7, 11) is -1.50. The second kappa shape index (κ2) is 8.44. The summed E-state index contributed by atoms with van der Waals surface area (Å²) in [6, 6.07) is 16.2. The second-order valence-corrected chi connectivity index (χ2v) is 10.6. The summed E-state index contributed by atoms with van der Waals surface area (Å²) in [6.07, 6.45) is 3.84. The van der Waals surface area contributed by atoms with Gasteiger partial charge in [0, 0.05) is 43.4 Å². The SMILES string of the molecule is CCc1ccc(S(=O)(=O)NCC(c2cccn2C)N2CCc3ccccc3C2)s1. The number of benzene rings is 1. The van der Waals surface area contributed by atoms with Crippen LogP contribution in [0.25, 0.3) is 0 Å². The lowest BCUT2D eigenvalue weighted by atomic mass is 9.98. The average molecular weight is 430 g/mol. The van der Waals surface area contributed by atoms with Crippen LogP contribution in [-0.2, 0) is 36.5 Å². The molecule has 3 aromatic rings. The first-order chi connectivity index (χ1) is 14.0. The number of nitrogens with zero attached hydrogens (tertiary/aromatic N) is 2. The number of aromatic nitrogens is 1. The van der Waals surface area contributed by atoms with Crippen molar-refractivity contribution >= 4 is 21.4 Å². The van der Waals surface area contributed by atoms with Crippen molar-refractivity contribution in [1.82, 2.24) is 14.2 Å². The van der Waals surface area contributed by atoms with Crippen molar-refractivity contribution in [3.05, 3.63) is 76.4 Å². The molecule has 1 unspecified atom stereocenters. The Labute approximate surface area is 177 Å². The molecule has 0 fully saturated rings. The van der Waals surface area contributed by atoms with Gasteiger partial charge in [0.2, 0.25) is 10.0 Å². The average Bonchev–Trinajstić information content (AvgIpc) is 3.38. The minimum atomic E-state index is -3.52. The van der Waals surface area contributed by atoms with Crippen LogP contribution in [0.1, 0.15) is 34.7 Å². The van der Waals surface area contributed by atoms with Gasteiger partial charge in [0.1, 0.15) is 4.21 Å². The number of hydrogen-bond donors (Lipinski definition) is 1. The third-order valence-electron chi connectivity index (χ3n) is 5.64. The van der Waals surface area contributed by atoms with Crippen LogP contribution in [0.4, 0.5) is 0 Å². The van der Waals surface area contributed by atoms with E-state index in [0.29, 0.717) is 10.8 Å². The first-order valence-corrected chi connectivity index (χ1v) is 12.3. The maximum Gasteiger partial charge on any atom is 0.250 e. The molecule has 0 amide bonds. The molecule has 0 saturated carbocycles. The summed E-state index contributed by atoms with van der Waals surface area (Å²) in [6.45, 7) is 4.12. The van der Waals surface area contributed by atoms with E-state index in [1.54, 1.807) is 6.07 Å². The quantitative estimate of drug-likeness (QED) is 0.623. The molecular formula is C22H27N3O2S2. The molecule has 1 atom stereocenters. The van der Waals surface area contributed by atoms with Crippen LogP contribution in [0.3, 0.4) is 0 Å². The molecule has 5 nitrogen and oxygen atoms in total. The molecule has 4 rings (SSSR count). The van der Waals surface area contributed by atoms with E-state index >= 15 is 0 Å². The first kappa shape index (κ1) is 20.3. The van der Waals surface area contributed by atoms with Crippen molar-refractivity contribution < 1.29 is 8.42 Å². The summed E-state index contributed by atoms with van der Waals surface area (Å²) in [5.74, 6) is 0. The first-order valence-electron chi connectivity index (χ1n) is 9.98. The Kier molecular flexibility index (Phi) is 5.92. The van der Waals surface area contributed by atoms with Gasteiger partial charge in [0.25, 0.3) is 0 Å². The van der Waals surface area contributed by atoms with Crippen LogP contribution in [0.5, 0.6) is 0 Å². The molecule has 1 aromatic carbocycles. The molecule has 0 radical (unpaired) electrons. The van der Waals surface area contributed by atoms with E-state index in [9.17, 15) is 8.42 Å². The molecule has 0 bridgehead atoms. The second-order valence-electron chi connectivity index (χ2n) is 7.48. The number of nitrogens with one attached hydrogen (secondary N) is 1. The lowest BCUT2D eigenvalue weighted by Crippen LogP contribution is -2.41. The number of sulfonamides is 1. The highest BCUT2D eigenvalue weighted by Gasteiger charge is 2.28. The largest absolute Gasteiger partial charge is 0.353 e. The van der Waals surface area contributed by atoms with Gasteiger partial charge in [-0.15, -0.1) is 11.3 Å². The minimum Gasteiger partial charge on any atom is -0.353 e. The molecule has 154 valence electrons. The van der Waals surface area contributed by atoms with E-state index in [4.69, 9.17) is 0 Å². The van der Waals surface area contributed by atoms with Crippen LogP contribution >= 0.6 is 11.3 Å². The van der Waals surface area contributed by atoms with Crippen molar-refractivity contribution in [1.29, 1.82) is 0 Å². The van der Waals surface area contributed by atoms with Gasteiger partial charge in [-0.3, -0.25) is 4.90 Å². The Morgan fingerprint density at radius 1 is 1.10 bits per heavy atom. The van der Waals surface area contributed by atoms with Crippen molar-refractivity contribution in [2.45, 2.75) is 36.6 Å². The van der Waals surface area contributed by atoms with Crippen LogP contribution in [0.2, 0.25) is 0 Å². The Morgan fingerprint density at radius 2 is 1.90 bits per heavy atom. The normalized spacial score (nSPS) is 15.9. The van der Waals surface area contributed by atoms with Gasteiger partial charge >= 0.3 is 0 Å². The van der Waals surface area contributed by atoms with E-state index in [1.165, 1.54) is 22.5 Å². The van der Waals surface area contributed by atoms with Crippen LogP contribution in [0.15, 0.2) is 58.9 Å². The Hall–Kier alpha value is -1.93. The zero-order chi connectivity index (χ0) is 20.4. The zero-order valence-electron chi connectivity index (χ0n) is 16.8. The van der Waals surface area contributed by atoms with Gasteiger partial charge in [-0.1, -0.05) is 31.2 Å². The zero-order valence-corrected chi connectivity index (χ0v) is 18.5. The van der Waals surface area contributed by atoms with Crippen molar-refractivity contribution in [2.24, 2.45) is 7.05 Å². The highest BCUT2D eigenvalue weighted by atomic mass is 32.2. The number of aryl methyl sites for hydroxylation is 2. The van der Waals surface area contributed by atoms with E-state index in [1.807, 2.05) is 32.3 Å². The summed E-state index contributed by atoms with van der Waals surface area (Å²) >= 11 is 1.35. The molecule has 3 heterocycles. The van der Waals surface area contributed by atoms with Crippen LogP contribution in [-0.4, -0.2) is 31.0 Å². The predicted octanol–water partition coefficient (Wildman–Crippen LogP) is 3.73. The van der Waals surface area contributed by atoms with E-state index in [-0.39, 0.29) is 6.04 Å². The lowest BCUT2D eigenvalue weighted by Gasteiger charge is -2.36. The fourth-order valence-corrected chi connectivity index (χ4v) is 6.36. The maximum absolute atomic E-state index is 12.9. The number of fused-ring (bicyclic) bond motifs is 1. The van der Waals surface area contributed by atoms with Gasteiger partial charge in [0.05, 0.1) is 6.04 Å². The standard InChI is InChI=1S/C22H27N3O2S2/c1-3-19-10-11-22(28-19)29(26,27)23-15-21(20-9-6-13-24(20)2)25-14-12-17-7-4-5-8-18(17)16-25/h4-11,13,21,23H,3,12,14-16H2,1-2H3. The molecule has 29 heavy (non-hydrogen) atoms. The Bertz CT molecular complexity index is 1080. The van der Waals surface area contributed by atoms with Gasteiger partial charge in [-0.05, 0) is 48.2 Å². The highest BCUT2D eigenvalue weighted by molar-refractivity contribution is 7.91. The van der Waals surface area contributed by atoms with Crippen molar-refractivity contribution in [3.63, 3.8) is 0 Å². The van der Waals surface area contributed by atoms with E-state index < -0.39 is 10.0 Å². The maximum atomic E-state index is 12.9. The van der Waals surface area contributed by atoms with Crippen LogP contribution in [0, 0.1) is 0 Å². The summed E-state index contributed by atoms with van der Waals surface area (Å²) in [5, 5.41) is 0. The highest BCUT2D eigenvalue weighted by Crippen LogP contribution is 2.29. The molecule has 0 aliphatic carbocycles. The van der Waals surface area contributed by atoms with E-state index in [0.717, 1.165) is 36.5 Å². The predicted molar refractivity (Wildman–Crippen MR) is 118 cm³/mol. The smallest absolute Gasteiger partial charge is 0.250 e.